The van der Waals surface area contributed by atoms with Gasteiger partial charge in [0.2, 0.25) is 5.91 Å². The zero-order valence-electron chi connectivity index (χ0n) is 24.4. The Morgan fingerprint density at radius 2 is 1.76 bits per heavy atom. The van der Waals surface area contributed by atoms with E-state index in [1.807, 2.05) is 6.08 Å². The number of methoxy groups -OCH3 is 1. The zero-order valence-corrected chi connectivity index (χ0v) is 24.4. The number of ketones is 1. The fraction of sp³-hybridized carbons (Fsp3) is 0.636. The minimum absolute atomic E-state index is 0.0531. The molecule has 0 aliphatic heterocycles. The Kier molecular flexibility index (Phi) is 8.31. The topological polar surface area (TPSA) is 119 Å². The molecule has 0 spiro atoms. The van der Waals surface area contributed by atoms with Crippen LogP contribution in [0.4, 0.5) is 0 Å². The summed E-state index contributed by atoms with van der Waals surface area (Å²) in [5.41, 5.74) is 2.16. The van der Waals surface area contributed by atoms with E-state index in [0.29, 0.717) is 24.2 Å². The SMILES string of the molecule is COC(=O)[C@@H](Cc1ccc(O)cc1)NC(=O)CCC(=O)O[C@H]1CC[C@H]2[C@@H]3CCC4=CC(=O)CC[C@]4(C)[C@H]3CC[C@]12C. The number of ether oxygens (including phenoxy) is 2. The molecule has 0 saturated heterocycles. The van der Waals surface area contributed by atoms with Gasteiger partial charge in [0.15, 0.2) is 5.78 Å². The molecule has 0 bridgehead atoms. The maximum absolute atomic E-state index is 12.9. The van der Waals surface area contributed by atoms with Gasteiger partial charge in [-0.25, -0.2) is 4.79 Å². The number of benzene rings is 1. The summed E-state index contributed by atoms with van der Waals surface area (Å²) in [7, 11) is 1.26. The number of nitrogens with one attached hydrogen (secondary N) is 1. The van der Waals surface area contributed by atoms with E-state index in [-0.39, 0.29) is 53.7 Å². The molecule has 4 aliphatic rings. The van der Waals surface area contributed by atoms with Crippen LogP contribution in [0.15, 0.2) is 35.9 Å². The molecule has 0 heterocycles. The van der Waals surface area contributed by atoms with Crippen LogP contribution in [0.1, 0.15) is 83.6 Å². The Balaban J connectivity index is 1.15. The molecule has 3 fully saturated rings. The summed E-state index contributed by atoms with van der Waals surface area (Å²) in [5, 5.41) is 12.2. The third kappa shape index (κ3) is 5.80. The summed E-state index contributed by atoms with van der Waals surface area (Å²) in [6, 6.07) is 5.49. The number of aromatic hydroxyl groups is 1. The van der Waals surface area contributed by atoms with Crippen LogP contribution in [0.2, 0.25) is 0 Å². The molecule has 1 aromatic rings. The molecule has 4 aliphatic carbocycles. The third-order valence-electron chi connectivity index (χ3n) is 10.9. The van der Waals surface area contributed by atoms with Crippen LogP contribution in [0, 0.1) is 28.6 Å². The molecule has 3 saturated carbocycles. The highest BCUT2D eigenvalue weighted by Crippen LogP contribution is 2.65. The quantitative estimate of drug-likeness (QED) is 0.434. The predicted molar refractivity (Wildman–Crippen MR) is 152 cm³/mol. The number of allylic oxidation sites excluding steroid dienone is 1. The summed E-state index contributed by atoms with van der Waals surface area (Å²) >= 11 is 0. The molecule has 0 unspecified atom stereocenters. The van der Waals surface area contributed by atoms with Gasteiger partial charge in [-0.1, -0.05) is 31.6 Å². The number of phenols is 1. The van der Waals surface area contributed by atoms with Gasteiger partial charge in [-0.15, -0.1) is 0 Å². The van der Waals surface area contributed by atoms with Gasteiger partial charge in [0, 0.05) is 24.7 Å². The molecule has 1 amide bonds. The first-order chi connectivity index (χ1) is 19.5. The first-order valence-electron chi connectivity index (χ1n) is 15.1. The van der Waals surface area contributed by atoms with Crippen molar-refractivity contribution in [2.45, 2.75) is 96.6 Å². The standard InChI is InChI=1S/C33H43NO7/c1-32-16-14-23(36)19-21(32)6-9-24-25-10-11-28(33(25,2)17-15-26(24)32)41-30(38)13-12-29(37)34-27(31(39)40-3)18-20-4-7-22(35)8-5-20/h4-5,7-8,19,24-28,35H,6,9-18H2,1-3H3,(H,34,37)/t24-,25-,26-,27+,28-,32-,33-/m0/s1. The molecule has 8 nitrogen and oxygen atoms in total. The lowest BCUT2D eigenvalue weighted by Crippen LogP contribution is -2.51. The fourth-order valence-corrected chi connectivity index (χ4v) is 8.61. The fourth-order valence-electron chi connectivity index (χ4n) is 8.61. The number of amides is 1. The Bertz CT molecular complexity index is 1220. The molecule has 0 radical (unpaired) electrons. The van der Waals surface area contributed by atoms with Gasteiger partial charge in [-0.05, 0) is 91.9 Å². The van der Waals surface area contributed by atoms with Gasteiger partial charge in [0.25, 0.3) is 0 Å². The molecule has 222 valence electrons. The minimum Gasteiger partial charge on any atom is -0.508 e. The van der Waals surface area contributed by atoms with Crippen molar-refractivity contribution < 1.29 is 33.8 Å². The van der Waals surface area contributed by atoms with E-state index in [9.17, 15) is 24.3 Å². The van der Waals surface area contributed by atoms with Gasteiger partial charge < -0.3 is 19.9 Å². The molecule has 0 aromatic heterocycles. The maximum atomic E-state index is 12.9. The van der Waals surface area contributed by atoms with E-state index >= 15 is 0 Å². The van der Waals surface area contributed by atoms with Crippen LogP contribution in [0.25, 0.3) is 0 Å². The van der Waals surface area contributed by atoms with Crippen molar-refractivity contribution in [3.05, 3.63) is 41.5 Å². The van der Waals surface area contributed by atoms with Gasteiger partial charge in [-0.3, -0.25) is 14.4 Å². The Labute approximate surface area is 242 Å². The van der Waals surface area contributed by atoms with Crippen molar-refractivity contribution in [2.75, 3.05) is 7.11 Å². The van der Waals surface area contributed by atoms with Crippen molar-refractivity contribution in [1.29, 1.82) is 0 Å². The molecule has 1 aromatic carbocycles. The van der Waals surface area contributed by atoms with Gasteiger partial charge in [0.1, 0.15) is 17.9 Å². The van der Waals surface area contributed by atoms with E-state index in [2.05, 4.69) is 19.2 Å². The number of carbonyl (C=O) groups is 4. The van der Waals surface area contributed by atoms with Gasteiger partial charge in [-0.2, -0.15) is 0 Å². The molecular weight excluding hydrogens is 522 g/mol. The van der Waals surface area contributed by atoms with Crippen molar-refractivity contribution >= 4 is 23.6 Å². The van der Waals surface area contributed by atoms with Crippen LogP contribution < -0.4 is 5.32 Å². The second kappa shape index (κ2) is 11.6. The number of hydrogen-bond acceptors (Lipinski definition) is 7. The van der Waals surface area contributed by atoms with E-state index in [4.69, 9.17) is 9.47 Å². The Morgan fingerprint density at radius 3 is 2.49 bits per heavy atom. The summed E-state index contributed by atoms with van der Waals surface area (Å²) in [4.78, 5) is 50.0. The average Bonchev–Trinajstić information content (AvgIpc) is 3.28. The zero-order chi connectivity index (χ0) is 29.4. The number of esters is 2. The molecule has 2 N–H and O–H groups in total. The van der Waals surface area contributed by atoms with Crippen LogP contribution in [-0.4, -0.2) is 48.0 Å². The number of hydrogen-bond donors (Lipinski definition) is 2. The number of rotatable bonds is 8. The highest BCUT2D eigenvalue weighted by atomic mass is 16.5. The second-order valence-electron chi connectivity index (χ2n) is 13.1. The molecule has 5 rings (SSSR count). The number of carbonyl (C=O) groups excluding carboxylic acids is 4. The number of phenolic OH excluding ortho intramolecular Hbond substituents is 1. The van der Waals surface area contributed by atoms with Crippen molar-refractivity contribution in [2.24, 2.45) is 28.6 Å². The van der Waals surface area contributed by atoms with Crippen molar-refractivity contribution in [1.82, 2.24) is 5.32 Å². The first kappa shape index (κ1) is 29.3. The summed E-state index contributed by atoms with van der Waals surface area (Å²) < 4.78 is 10.9. The smallest absolute Gasteiger partial charge is 0.328 e. The average molecular weight is 566 g/mol. The van der Waals surface area contributed by atoms with E-state index in [0.717, 1.165) is 50.5 Å². The van der Waals surface area contributed by atoms with E-state index in [1.54, 1.807) is 12.1 Å². The Morgan fingerprint density at radius 1 is 1.00 bits per heavy atom. The monoisotopic (exact) mass is 565 g/mol. The van der Waals surface area contributed by atoms with Crippen molar-refractivity contribution in [3.8, 4) is 5.75 Å². The van der Waals surface area contributed by atoms with Crippen LogP contribution >= 0.6 is 0 Å². The maximum Gasteiger partial charge on any atom is 0.328 e. The molecule has 7 atom stereocenters. The van der Waals surface area contributed by atoms with Crippen LogP contribution in [0.3, 0.4) is 0 Å². The van der Waals surface area contributed by atoms with E-state index in [1.165, 1.54) is 24.8 Å². The van der Waals surface area contributed by atoms with E-state index < -0.39 is 17.9 Å². The molecule has 8 heteroatoms. The highest BCUT2D eigenvalue weighted by molar-refractivity contribution is 5.91. The summed E-state index contributed by atoms with van der Waals surface area (Å²) in [6.07, 6.45) is 9.54. The molecular formula is C33H43NO7. The number of fused-ring (bicyclic) bond motifs is 5. The lowest BCUT2D eigenvalue weighted by Gasteiger charge is -2.57. The van der Waals surface area contributed by atoms with Crippen molar-refractivity contribution in [3.63, 3.8) is 0 Å². The van der Waals surface area contributed by atoms with Gasteiger partial charge >= 0.3 is 11.9 Å². The van der Waals surface area contributed by atoms with Crippen LogP contribution in [-0.2, 0) is 35.1 Å². The predicted octanol–water partition coefficient (Wildman–Crippen LogP) is 4.82. The lowest BCUT2D eigenvalue weighted by atomic mass is 9.47. The Hall–Kier alpha value is -3.16. The van der Waals surface area contributed by atoms with Gasteiger partial charge in [0.05, 0.1) is 13.5 Å². The largest absolute Gasteiger partial charge is 0.508 e. The second-order valence-corrected chi connectivity index (χ2v) is 13.1. The highest BCUT2D eigenvalue weighted by Gasteiger charge is 2.60. The normalized spacial score (nSPS) is 33.0. The first-order valence-corrected chi connectivity index (χ1v) is 15.1. The lowest BCUT2D eigenvalue weighted by molar-refractivity contribution is -0.160. The summed E-state index contributed by atoms with van der Waals surface area (Å²) in [5.74, 6) is 0.677. The minimum atomic E-state index is -0.896. The summed E-state index contributed by atoms with van der Waals surface area (Å²) in [6.45, 7) is 4.66. The van der Waals surface area contributed by atoms with Crippen LogP contribution in [0.5, 0.6) is 5.75 Å². The third-order valence-corrected chi connectivity index (χ3v) is 10.9. The molecule has 41 heavy (non-hydrogen) atoms.